The molecular formula is C7HF5. The Balaban J connectivity index is 2.76. The third-order valence-corrected chi connectivity index (χ3v) is 1.76. The van der Waals surface area contributed by atoms with Crippen molar-refractivity contribution in [3.05, 3.63) is 34.4 Å². The molecule has 0 nitrogen and oxygen atoms in total. The fraction of sp³-hybridized carbons (Fsp3) is 0.143. The number of halogens is 5. The molecule has 0 unspecified atom stereocenters. The van der Waals surface area contributed by atoms with Crippen molar-refractivity contribution < 1.29 is 22.0 Å². The van der Waals surface area contributed by atoms with Gasteiger partial charge in [-0.1, -0.05) is 0 Å². The van der Waals surface area contributed by atoms with Crippen LogP contribution >= 0.6 is 0 Å². The van der Waals surface area contributed by atoms with Crippen LogP contribution in [0.1, 0.15) is 17.3 Å². The van der Waals surface area contributed by atoms with Gasteiger partial charge in [0.2, 0.25) is 0 Å². The molecule has 0 radical (unpaired) electrons. The summed E-state index contributed by atoms with van der Waals surface area (Å²) in [6.45, 7) is 0. The topological polar surface area (TPSA) is 0 Å². The molecule has 2 rings (SSSR count). The lowest BCUT2D eigenvalue weighted by atomic mass is 10.3. The van der Waals surface area contributed by atoms with Gasteiger partial charge < -0.3 is 0 Å². The summed E-state index contributed by atoms with van der Waals surface area (Å²) in [6.07, 6.45) is -1.98. The van der Waals surface area contributed by atoms with Crippen molar-refractivity contribution in [2.45, 2.75) is 6.17 Å². The molecule has 5 heteroatoms. The van der Waals surface area contributed by atoms with E-state index in [0.29, 0.717) is 0 Å². The van der Waals surface area contributed by atoms with Crippen LogP contribution in [0.2, 0.25) is 0 Å². The van der Waals surface area contributed by atoms with Gasteiger partial charge in [-0.25, -0.2) is 22.0 Å². The standard InChI is InChI=1S/C7HF5/c8-3-1-2(3)5(10)7(12)6(11)4(1)9/h3H. The summed E-state index contributed by atoms with van der Waals surface area (Å²) in [5, 5.41) is 0. The molecule has 0 fully saturated rings. The molecule has 0 aliphatic heterocycles. The minimum absolute atomic E-state index is 0.702. The number of hydrogen-bond donors (Lipinski definition) is 0. The van der Waals surface area contributed by atoms with Crippen molar-refractivity contribution in [1.29, 1.82) is 0 Å². The zero-order valence-corrected chi connectivity index (χ0v) is 5.47. The molecule has 0 heterocycles. The maximum atomic E-state index is 12.5. The van der Waals surface area contributed by atoms with Crippen molar-refractivity contribution in [2.24, 2.45) is 0 Å². The van der Waals surface area contributed by atoms with Gasteiger partial charge in [0.25, 0.3) is 0 Å². The van der Waals surface area contributed by atoms with Gasteiger partial charge in [-0.15, -0.1) is 0 Å². The Labute approximate surface area is 63.6 Å². The second kappa shape index (κ2) is 1.97. The van der Waals surface area contributed by atoms with E-state index >= 15 is 0 Å². The van der Waals surface area contributed by atoms with Crippen LogP contribution in [0.15, 0.2) is 0 Å². The molecule has 0 spiro atoms. The van der Waals surface area contributed by atoms with Gasteiger partial charge in [-0.05, 0) is 0 Å². The van der Waals surface area contributed by atoms with Gasteiger partial charge in [-0.2, -0.15) is 0 Å². The largest absolute Gasteiger partial charge is 0.237 e. The quantitative estimate of drug-likeness (QED) is 0.327. The number of rotatable bonds is 0. The lowest BCUT2D eigenvalue weighted by molar-refractivity contribution is 0.411. The van der Waals surface area contributed by atoms with E-state index in [9.17, 15) is 22.0 Å². The molecule has 0 N–H and O–H groups in total. The SMILES string of the molecule is Fc1c(F)c(F)c2c(c1F)C2F. The summed E-state index contributed by atoms with van der Waals surface area (Å²) in [5.41, 5.74) is -1.40. The first-order valence-corrected chi connectivity index (χ1v) is 3.05. The lowest BCUT2D eigenvalue weighted by Crippen LogP contribution is -1.93. The summed E-state index contributed by atoms with van der Waals surface area (Å²) in [7, 11) is 0. The first-order chi connectivity index (χ1) is 5.55. The van der Waals surface area contributed by atoms with Crippen LogP contribution in [-0.2, 0) is 0 Å². The number of alkyl halides is 1. The predicted octanol–water partition coefficient (Wildman–Crippen LogP) is 2.62. The second-order valence-corrected chi connectivity index (χ2v) is 2.45. The normalized spacial score (nSPS) is 14.8. The van der Waals surface area contributed by atoms with Crippen LogP contribution in [0, 0.1) is 23.3 Å². The smallest absolute Gasteiger partial charge is 0.197 e. The molecule has 0 saturated carbocycles. The molecule has 0 atom stereocenters. The molecule has 1 aliphatic rings. The van der Waals surface area contributed by atoms with E-state index in [2.05, 4.69) is 0 Å². The van der Waals surface area contributed by atoms with Crippen LogP contribution in [0.25, 0.3) is 0 Å². The van der Waals surface area contributed by atoms with Crippen LogP contribution in [0.4, 0.5) is 22.0 Å². The molecular weight excluding hydrogens is 179 g/mol. The Morgan fingerprint density at radius 3 is 1.33 bits per heavy atom. The van der Waals surface area contributed by atoms with Gasteiger partial charge in [0, 0.05) is 11.1 Å². The molecule has 1 aromatic carbocycles. The zero-order chi connectivity index (χ0) is 9.04. The predicted molar refractivity (Wildman–Crippen MR) is 29.2 cm³/mol. The third kappa shape index (κ3) is 0.659. The molecule has 0 saturated heterocycles. The molecule has 1 aromatic rings. The highest BCUT2D eigenvalue weighted by Crippen LogP contribution is 2.49. The van der Waals surface area contributed by atoms with E-state index in [4.69, 9.17) is 0 Å². The first kappa shape index (κ1) is 7.52. The van der Waals surface area contributed by atoms with Crippen molar-refractivity contribution in [1.82, 2.24) is 0 Å². The monoisotopic (exact) mass is 180 g/mol. The second-order valence-electron chi connectivity index (χ2n) is 2.45. The highest BCUT2D eigenvalue weighted by molar-refractivity contribution is 5.52. The highest BCUT2D eigenvalue weighted by Gasteiger charge is 2.44. The van der Waals surface area contributed by atoms with Crippen molar-refractivity contribution in [3.63, 3.8) is 0 Å². The molecule has 0 aromatic heterocycles. The van der Waals surface area contributed by atoms with Gasteiger partial charge >= 0.3 is 0 Å². The van der Waals surface area contributed by atoms with Crippen molar-refractivity contribution in [3.8, 4) is 0 Å². The van der Waals surface area contributed by atoms with E-state index in [1.54, 1.807) is 0 Å². The van der Waals surface area contributed by atoms with Crippen LogP contribution < -0.4 is 0 Å². The van der Waals surface area contributed by atoms with E-state index in [1.807, 2.05) is 0 Å². The summed E-state index contributed by atoms with van der Waals surface area (Å²) >= 11 is 0. The maximum Gasteiger partial charge on any atom is 0.197 e. The molecule has 12 heavy (non-hydrogen) atoms. The Hall–Kier alpha value is -1.13. The van der Waals surface area contributed by atoms with Gasteiger partial charge in [0.05, 0.1) is 0 Å². The Morgan fingerprint density at radius 1 is 0.667 bits per heavy atom. The number of hydrogen-bond acceptors (Lipinski definition) is 0. The first-order valence-electron chi connectivity index (χ1n) is 3.05. The summed E-state index contributed by atoms with van der Waals surface area (Å²) in [5.74, 6) is -7.16. The Bertz CT molecular complexity index is 336. The summed E-state index contributed by atoms with van der Waals surface area (Å²) in [6, 6.07) is 0. The van der Waals surface area contributed by atoms with Gasteiger partial charge in [0.15, 0.2) is 29.4 Å². The molecule has 64 valence electrons. The molecule has 0 bridgehead atoms. The Morgan fingerprint density at radius 2 is 1.00 bits per heavy atom. The van der Waals surface area contributed by atoms with Crippen LogP contribution in [0.5, 0.6) is 0 Å². The highest BCUT2D eigenvalue weighted by atomic mass is 19.2. The van der Waals surface area contributed by atoms with Gasteiger partial charge in [-0.3, -0.25) is 0 Å². The van der Waals surface area contributed by atoms with Crippen LogP contribution in [-0.4, -0.2) is 0 Å². The van der Waals surface area contributed by atoms with E-state index < -0.39 is 40.6 Å². The minimum Gasteiger partial charge on any atom is -0.237 e. The molecule has 0 amide bonds. The third-order valence-electron chi connectivity index (χ3n) is 1.76. The van der Waals surface area contributed by atoms with E-state index in [-0.39, 0.29) is 0 Å². The maximum absolute atomic E-state index is 12.5. The van der Waals surface area contributed by atoms with Crippen LogP contribution in [0.3, 0.4) is 0 Å². The van der Waals surface area contributed by atoms with Crippen molar-refractivity contribution in [2.75, 3.05) is 0 Å². The Kier molecular flexibility index (Phi) is 1.23. The van der Waals surface area contributed by atoms with Crippen molar-refractivity contribution >= 4 is 0 Å². The van der Waals surface area contributed by atoms with Gasteiger partial charge in [0.1, 0.15) is 0 Å². The minimum atomic E-state index is -1.98. The van der Waals surface area contributed by atoms with E-state index in [0.717, 1.165) is 0 Å². The summed E-state index contributed by atoms with van der Waals surface area (Å²) < 4.78 is 61.9. The fourth-order valence-corrected chi connectivity index (χ4v) is 1.08. The molecule has 1 aliphatic carbocycles. The average molecular weight is 180 g/mol. The summed E-state index contributed by atoms with van der Waals surface area (Å²) in [4.78, 5) is 0. The lowest BCUT2D eigenvalue weighted by Gasteiger charge is -1.92. The fourth-order valence-electron chi connectivity index (χ4n) is 1.08. The average Bonchev–Trinajstić information content (AvgIpc) is 2.70. The van der Waals surface area contributed by atoms with E-state index in [1.165, 1.54) is 0 Å². The number of benzene rings is 1. The zero-order valence-electron chi connectivity index (χ0n) is 5.47. The number of fused-ring (bicyclic) bond motifs is 1.